The van der Waals surface area contributed by atoms with Gasteiger partial charge in [-0.15, -0.1) is 0 Å². The van der Waals surface area contributed by atoms with Crippen molar-refractivity contribution in [3.63, 3.8) is 0 Å². The maximum atomic E-state index is 12.6. The largest absolute Gasteiger partial charge is 0.354 e. The normalized spacial score (nSPS) is 12.5. The molecule has 0 spiro atoms. The Morgan fingerprint density at radius 3 is 2.24 bits per heavy atom. The van der Waals surface area contributed by atoms with E-state index in [2.05, 4.69) is 0 Å². The highest BCUT2D eigenvalue weighted by Gasteiger charge is 2.24. The van der Waals surface area contributed by atoms with Crippen LogP contribution in [0, 0.1) is 10.1 Å². The molecular formula is C14H20NO5P. The summed E-state index contributed by atoms with van der Waals surface area (Å²) >= 11 is 0. The van der Waals surface area contributed by atoms with E-state index in [1.54, 1.807) is 39.8 Å². The van der Waals surface area contributed by atoms with E-state index in [0.29, 0.717) is 5.56 Å². The zero-order valence-electron chi connectivity index (χ0n) is 12.6. The van der Waals surface area contributed by atoms with Crippen LogP contribution in [0.15, 0.2) is 30.1 Å². The van der Waals surface area contributed by atoms with Crippen LogP contribution in [0.2, 0.25) is 0 Å². The van der Waals surface area contributed by atoms with E-state index >= 15 is 0 Å². The first-order valence-corrected chi connectivity index (χ1v) is 8.23. The molecule has 7 heteroatoms. The van der Waals surface area contributed by atoms with Gasteiger partial charge in [0.25, 0.3) is 5.69 Å². The molecule has 0 saturated carbocycles. The summed E-state index contributed by atoms with van der Waals surface area (Å²) in [5.41, 5.74) is 0.533. The Kier molecular flexibility index (Phi) is 6.27. The Morgan fingerprint density at radius 1 is 1.19 bits per heavy atom. The van der Waals surface area contributed by atoms with E-state index in [1.165, 1.54) is 24.0 Å². The lowest BCUT2D eigenvalue weighted by Crippen LogP contribution is -2.06. The SMILES string of the molecule is CC(C)OP(=O)(/C=C/c1cccc([N+](=O)[O-])c1)OC(C)C. The van der Waals surface area contributed by atoms with Crippen molar-refractivity contribution < 1.29 is 18.5 Å². The molecule has 0 N–H and O–H groups in total. The van der Waals surface area contributed by atoms with Gasteiger partial charge < -0.3 is 9.05 Å². The number of non-ortho nitro benzene ring substituents is 1. The number of benzene rings is 1. The average molecular weight is 313 g/mol. The minimum absolute atomic E-state index is 0.0264. The molecule has 0 aliphatic rings. The summed E-state index contributed by atoms with van der Waals surface area (Å²) in [7, 11) is -3.39. The fourth-order valence-electron chi connectivity index (χ4n) is 1.60. The average Bonchev–Trinajstić information content (AvgIpc) is 2.35. The number of hydrogen-bond donors (Lipinski definition) is 0. The zero-order chi connectivity index (χ0) is 16.0. The van der Waals surface area contributed by atoms with Gasteiger partial charge in [-0.25, -0.2) is 0 Å². The first-order chi connectivity index (χ1) is 9.72. The third-order valence-electron chi connectivity index (χ3n) is 2.25. The first-order valence-electron chi connectivity index (χ1n) is 6.62. The Balaban J connectivity index is 2.99. The number of nitro groups is 1. The fraction of sp³-hybridized carbons (Fsp3) is 0.429. The molecule has 0 radical (unpaired) electrons. The third kappa shape index (κ3) is 6.21. The van der Waals surface area contributed by atoms with E-state index in [0.717, 1.165) is 0 Å². The van der Waals surface area contributed by atoms with E-state index in [-0.39, 0.29) is 17.9 Å². The van der Waals surface area contributed by atoms with Crippen LogP contribution in [0.3, 0.4) is 0 Å². The van der Waals surface area contributed by atoms with Crippen molar-refractivity contribution in [1.29, 1.82) is 0 Å². The molecule has 0 fully saturated rings. The smallest absolute Gasteiger partial charge is 0.303 e. The second-order valence-electron chi connectivity index (χ2n) is 5.02. The van der Waals surface area contributed by atoms with Crippen LogP contribution in [0.5, 0.6) is 0 Å². The van der Waals surface area contributed by atoms with E-state index in [4.69, 9.17) is 9.05 Å². The summed E-state index contributed by atoms with van der Waals surface area (Å²) < 4.78 is 23.3. The highest BCUT2D eigenvalue weighted by molar-refractivity contribution is 7.57. The molecular weight excluding hydrogens is 293 g/mol. The summed E-state index contributed by atoms with van der Waals surface area (Å²) in [6, 6.07) is 6.03. The lowest BCUT2D eigenvalue weighted by molar-refractivity contribution is -0.384. The molecule has 1 aromatic carbocycles. The maximum absolute atomic E-state index is 12.6. The Hall–Kier alpha value is -1.49. The van der Waals surface area contributed by atoms with Crippen molar-refractivity contribution in [2.75, 3.05) is 0 Å². The van der Waals surface area contributed by atoms with Gasteiger partial charge in [0.2, 0.25) is 0 Å². The monoisotopic (exact) mass is 313 g/mol. The number of nitro benzene ring substituents is 1. The number of hydrogen-bond acceptors (Lipinski definition) is 5. The molecule has 0 aliphatic carbocycles. The molecule has 0 unspecified atom stereocenters. The quantitative estimate of drug-likeness (QED) is 0.417. The number of nitrogens with zero attached hydrogens (tertiary/aromatic N) is 1. The van der Waals surface area contributed by atoms with Crippen LogP contribution < -0.4 is 0 Å². The van der Waals surface area contributed by atoms with E-state index < -0.39 is 12.5 Å². The summed E-state index contributed by atoms with van der Waals surface area (Å²) in [6.07, 6.45) is 0.993. The third-order valence-corrected chi connectivity index (χ3v) is 4.19. The van der Waals surface area contributed by atoms with Crippen molar-refractivity contribution in [2.45, 2.75) is 39.9 Å². The summed E-state index contributed by atoms with van der Waals surface area (Å²) in [4.78, 5) is 10.2. The minimum Gasteiger partial charge on any atom is -0.303 e. The first kappa shape index (κ1) is 17.6. The molecule has 0 atom stereocenters. The van der Waals surface area contributed by atoms with Gasteiger partial charge in [0, 0.05) is 17.9 Å². The lowest BCUT2D eigenvalue weighted by atomic mass is 10.2. The van der Waals surface area contributed by atoms with Gasteiger partial charge in [-0.1, -0.05) is 12.1 Å². The van der Waals surface area contributed by atoms with Crippen LogP contribution in [-0.4, -0.2) is 17.1 Å². The predicted octanol–water partition coefficient (Wildman–Crippen LogP) is 4.61. The summed E-state index contributed by atoms with van der Waals surface area (Å²) in [6.45, 7) is 7.05. The molecule has 0 bridgehead atoms. The van der Waals surface area contributed by atoms with Gasteiger partial charge >= 0.3 is 7.60 Å². The van der Waals surface area contributed by atoms with Crippen LogP contribution >= 0.6 is 7.60 Å². The second-order valence-corrected chi connectivity index (χ2v) is 6.82. The van der Waals surface area contributed by atoms with Gasteiger partial charge in [0.15, 0.2) is 0 Å². The molecule has 6 nitrogen and oxygen atoms in total. The molecule has 0 heterocycles. The highest BCUT2D eigenvalue weighted by Crippen LogP contribution is 2.52. The Labute approximate surface area is 124 Å². The van der Waals surface area contributed by atoms with Crippen molar-refractivity contribution in [3.8, 4) is 0 Å². The second kappa shape index (κ2) is 7.50. The molecule has 0 aromatic heterocycles. The van der Waals surface area contributed by atoms with Gasteiger partial charge in [0.1, 0.15) is 0 Å². The summed E-state index contributed by atoms with van der Waals surface area (Å²) in [5, 5.41) is 10.7. The fourth-order valence-corrected chi connectivity index (χ4v) is 3.32. The van der Waals surface area contributed by atoms with Crippen LogP contribution in [-0.2, 0) is 13.6 Å². The predicted molar refractivity (Wildman–Crippen MR) is 82.2 cm³/mol. The molecule has 1 aromatic rings. The van der Waals surface area contributed by atoms with Crippen LogP contribution in [0.25, 0.3) is 6.08 Å². The Bertz CT molecular complexity index is 554. The van der Waals surface area contributed by atoms with Gasteiger partial charge in [-0.05, 0) is 39.3 Å². The zero-order valence-corrected chi connectivity index (χ0v) is 13.4. The lowest BCUT2D eigenvalue weighted by Gasteiger charge is -2.19. The molecule has 116 valence electrons. The van der Waals surface area contributed by atoms with E-state index in [9.17, 15) is 14.7 Å². The topological polar surface area (TPSA) is 78.7 Å². The maximum Gasteiger partial charge on any atom is 0.354 e. The summed E-state index contributed by atoms with van der Waals surface area (Å²) in [5.74, 6) is 1.34. The standard InChI is InChI=1S/C14H20NO5P/c1-11(2)19-21(18,20-12(3)4)9-8-13-6-5-7-14(10-13)15(16)17/h5-12H,1-4H3/b9-8+. The molecule has 0 amide bonds. The van der Waals surface area contributed by atoms with Crippen molar-refractivity contribution in [3.05, 3.63) is 45.8 Å². The molecule has 21 heavy (non-hydrogen) atoms. The molecule has 0 saturated heterocycles. The van der Waals surface area contributed by atoms with E-state index in [1.807, 2.05) is 0 Å². The Morgan fingerprint density at radius 2 is 1.76 bits per heavy atom. The highest BCUT2D eigenvalue weighted by atomic mass is 31.2. The van der Waals surface area contributed by atoms with Gasteiger partial charge in [-0.2, -0.15) is 0 Å². The molecule has 0 aliphatic heterocycles. The molecule has 1 rings (SSSR count). The van der Waals surface area contributed by atoms with Gasteiger partial charge in [0.05, 0.1) is 17.1 Å². The van der Waals surface area contributed by atoms with Crippen molar-refractivity contribution >= 4 is 19.4 Å². The van der Waals surface area contributed by atoms with Crippen molar-refractivity contribution in [1.82, 2.24) is 0 Å². The minimum atomic E-state index is -3.39. The number of rotatable bonds is 7. The van der Waals surface area contributed by atoms with Crippen molar-refractivity contribution in [2.24, 2.45) is 0 Å². The van der Waals surface area contributed by atoms with Crippen LogP contribution in [0.4, 0.5) is 5.69 Å². The van der Waals surface area contributed by atoms with Crippen LogP contribution in [0.1, 0.15) is 33.3 Å². The van der Waals surface area contributed by atoms with Gasteiger partial charge in [-0.3, -0.25) is 14.7 Å².